The van der Waals surface area contributed by atoms with E-state index < -0.39 is 0 Å². The Bertz CT molecular complexity index is 352. The number of hydrogen-bond donors (Lipinski definition) is 1. The van der Waals surface area contributed by atoms with Gasteiger partial charge in [0.2, 0.25) is 0 Å². The van der Waals surface area contributed by atoms with Crippen LogP contribution in [0.4, 0.5) is 0 Å². The summed E-state index contributed by atoms with van der Waals surface area (Å²) >= 11 is 3.43. The number of nitrogens with one attached hydrogen (secondary N) is 1. The summed E-state index contributed by atoms with van der Waals surface area (Å²) in [6.07, 6.45) is 6.51. The van der Waals surface area contributed by atoms with Crippen molar-refractivity contribution in [2.45, 2.75) is 32.4 Å². The highest BCUT2D eigenvalue weighted by atomic mass is 79.9. The van der Waals surface area contributed by atoms with Crippen LogP contribution in [0.25, 0.3) is 0 Å². The van der Waals surface area contributed by atoms with Crippen molar-refractivity contribution < 1.29 is 0 Å². The molecule has 0 radical (unpaired) electrons. The van der Waals surface area contributed by atoms with Crippen LogP contribution in [0, 0.1) is 0 Å². The second-order valence-corrected chi connectivity index (χ2v) is 5.46. The molecule has 2 rings (SSSR count). The van der Waals surface area contributed by atoms with E-state index in [0.29, 0.717) is 0 Å². The molecule has 4 heteroatoms. The van der Waals surface area contributed by atoms with E-state index in [-0.39, 0.29) is 0 Å². The van der Waals surface area contributed by atoms with Crippen molar-refractivity contribution in [3.05, 3.63) is 28.5 Å². The first-order valence-electron chi connectivity index (χ1n) is 6.33. The Morgan fingerprint density at radius 2 is 2.29 bits per heavy atom. The standard InChI is InChI=1S/C13H20BrN3/c1-2-17(13-3-4-13)6-5-15-8-11-7-12(14)10-16-9-11/h7,9-10,13,15H,2-6,8H2,1H3. The Morgan fingerprint density at radius 3 is 2.94 bits per heavy atom. The summed E-state index contributed by atoms with van der Waals surface area (Å²) in [6.45, 7) is 6.52. The van der Waals surface area contributed by atoms with E-state index in [2.05, 4.69) is 44.1 Å². The van der Waals surface area contributed by atoms with Crippen molar-refractivity contribution in [1.29, 1.82) is 0 Å². The third-order valence-electron chi connectivity index (χ3n) is 3.14. The molecular weight excluding hydrogens is 278 g/mol. The van der Waals surface area contributed by atoms with Gasteiger partial charge in [-0.05, 0) is 46.9 Å². The van der Waals surface area contributed by atoms with Crippen LogP contribution in [0.5, 0.6) is 0 Å². The summed E-state index contributed by atoms with van der Waals surface area (Å²) < 4.78 is 1.05. The molecule has 0 amide bonds. The zero-order chi connectivity index (χ0) is 12.1. The van der Waals surface area contributed by atoms with Crippen LogP contribution < -0.4 is 5.32 Å². The highest BCUT2D eigenvalue weighted by Crippen LogP contribution is 2.25. The quantitative estimate of drug-likeness (QED) is 0.784. The summed E-state index contributed by atoms with van der Waals surface area (Å²) in [5.74, 6) is 0. The molecule has 1 saturated carbocycles. The third-order valence-corrected chi connectivity index (χ3v) is 3.57. The molecule has 0 aliphatic heterocycles. The number of nitrogens with zero attached hydrogens (tertiary/aromatic N) is 2. The van der Waals surface area contributed by atoms with Gasteiger partial charge in [0, 0.05) is 42.5 Å². The Kier molecular flexibility index (Phi) is 4.95. The van der Waals surface area contributed by atoms with Gasteiger partial charge in [0.15, 0.2) is 0 Å². The van der Waals surface area contributed by atoms with E-state index in [1.807, 2.05) is 12.4 Å². The van der Waals surface area contributed by atoms with Crippen LogP contribution >= 0.6 is 15.9 Å². The lowest BCUT2D eigenvalue weighted by molar-refractivity contribution is 0.277. The van der Waals surface area contributed by atoms with E-state index in [4.69, 9.17) is 0 Å². The van der Waals surface area contributed by atoms with Gasteiger partial charge in [-0.1, -0.05) is 6.92 Å². The average molecular weight is 298 g/mol. The molecule has 1 N–H and O–H groups in total. The SMILES string of the molecule is CCN(CCNCc1cncc(Br)c1)C1CC1. The second kappa shape index (κ2) is 6.47. The van der Waals surface area contributed by atoms with Crippen LogP contribution in [-0.4, -0.2) is 35.6 Å². The molecule has 1 aliphatic carbocycles. The average Bonchev–Trinajstić information content (AvgIpc) is 3.13. The van der Waals surface area contributed by atoms with Crippen LogP contribution in [0.1, 0.15) is 25.3 Å². The molecule has 0 spiro atoms. The van der Waals surface area contributed by atoms with Gasteiger partial charge < -0.3 is 5.32 Å². The number of halogens is 1. The first-order valence-corrected chi connectivity index (χ1v) is 7.13. The van der Waals surface area contributed by atoms with Crippen LogP contribution in [0.15, 0.2) is 22.9 Å². The first kappa shape index (κ1) is 13.0. The van der Waals surface area contributed by atoms with Crippen molar-refractivity contribution in [3.8, 4) is 0 Å². The largest absolute Gasteiger partial charge is 0.311 e. The minimum atomic E-state index is 0.870. The zero-order valence-electron chi connectivity index (χ0n) is 10.3. The minimum Gasteiger partial charge on any atom is -0.311 e. The molecule has 1 heterocycles. The molecule has 17 heavy (non-hydrogen) atoms. The lowest BCUT2D eigenvalue weighted by Gasteiger charge is -2.19. The number of likely N-dealkylation sites (N-methyl/N-ethyl adjacent to an activating group) is 1. The van der Waals surface area contributed by atoms with E-state index >= 15 is 0 Å². The Hall–Kier alpha value is -0.450. The normalized spacial score (nSPS) is 15.5. The lowest BCUT2D eigenvalue weighted by atomic mass is 10.3. The molecule has 0 bridgehead atoms. The van der Waals surface area contributed by atoms with E-state index in [1.165, 1.54) is 24.9 Å². The van der Waals surface area contributed by atoms with Crippen LogP contribution in [-0.2, 0) is 6.54 Å². The zero-order valence-corrected chi connectivity index (χ0v) is 11.9. The van der Waals surface area contributed by atoms with Gasteiger partial charge >= 0.3 is 0 Å². The van der Waals surface area contributed by atoms with Gasteiger partial charge in [-0.15, -0.1) is 0 Å². The summed E-state index contributed by atoms with van der Waals surface area (Å²) in [5.41, 5.74) is 1.23. The fourth-order valence-electron chi connectivity index (χ4n) is 2.05. The lowest BCUT2D eigenvalue weighted by Crippen LogP contribution is -2.33. The molecule has 0 saturated heterocycles. The fraction of sp³-hybridized carbons (Fsp3) is 0.615. The van der Waals surface area contributed by atoms with Crippen molar-refractivity contribution in [3.63, 3.8) is 0 Å². The van der Waals surface area contributed by atoms with Crippen LogP contribution in [0.3, 0.4) is 0 Å². The smallest absolute Gasteiger partial charge is 0.0410 e. The molecule has 1 aromatic heterocycles. The Morgan fingerprint density at radius 1 is 1.47 bits per heavy atom. The van der Waals surface area contributed by atoms with Gasteiger partial charge in [0.25, 0.3) is 0 Å². The maximum absolute atomic E-state index is 4.16. The second-order valence-electron chi connectivity index (χ2n) is 4.55. The number of hydrogen-bond acceptors (Lipinski definition) is 3. The van der Waals surface area contributed by atoms with E-state index in [0.717, 1.165) is 30.1 Å². The molecule has 0 atom stereocenters. The number of rotatable bonds is 7. The van der Waals surface area contributed by atoms with Gasteiger partial charge in [-0.25, -0.2) is 0 Å². The van der Waals surface area contributed by atoms with Crippen LogP contribution in [0.2, 0.25) is 0 Å². The molecule has 1 aliphatic rings. The monoisotopic (exact) mass is 297 g/mol. The van der Waals surface area contributed by atoms with E-state index in [9.17, 15) is 0 Å². The summed E-state index contributed by atoms with van der Waals surface area (Å²) in [7, 11) is 0. The molecule has 0 unspecified atom stereocenters. The molecule has 94 valence electrons. The maximum atomic E-state index is 4.16. The third kappa shape index (κ3) is 4.37. The topological polar surface area (TPSA) is 28.2 Å². The number of pyridine rings is 1. The van der Waals surface area contributed by atoms with Crippen molar-refractivity contribution >= 4 is 15.9 Å². The van der Waals surface area contributed by atoms with Gasteiger partial charge in [-0.3, -0.25) is 9.88 Å². The summed E-state index contributed by atoms with van der Waals surface area (Å²) in [4.78, 5) is 6.72. The van der Waals surface area contributed by atoms with Crippen molar-refractivity contribution in [2.24, 2.45) is 0 Å². The fourth-order valence-corrected chi connectivity index (χ4v) is 2.46. The highest BCUT2D eigenvalue weighted by Gasteiger charge is 2.26. The predicted octanol–water partition coefficient (Wildman–Crippen LogP) is 2.42. The van der Waals surface area contributed by atoms with Crippen molar-refractivity contribution in [2.75, 3.05) is 19.6 Å². The minimum absolute atomic E-state index is 0.870. The Labute approximate surface area is 112 Å². The first-order chi connectivity index (χ1) is 8.29. The highest BCUT2D eigenvalue weighted by molar-refractivity contribution is 9.10. The van der Waals surface area contributed by atoms with Gasteiger partial charge in [0.1, 0.15) is 0 Å². The maximum Gasteiger partial charge on any atom is 0.0410 e. The molecule has 1 aromatic rings. The summed E-state index contributed by atoms with van der Waals surface area (Å²) in [5, 5.41) is 3.47. The number of aromatic nitrogens is 1. The molecule has 3 nitrogen and oxygen atoms in total. The summed E-state index contributed by atoms with van der Waals surface area (Å²) in [6, 6.07) is 2.98. The molecule has 1 fully saturated rings. The molecular formula is C13H20BrN3. The molecule has 0 aromatic carbocycles. The van der Waals surface area contributed by atoms with Gasteiger partial charge in [-0.2, -0.15) is 0 Å². The van der Waals surface area contributed by atoms with Gasteiger partial charge in [0.05, 0.1) is 0 Å². The van der Waals surface area contributed by atoms with E-state index in [1.54, 1.807) is 0 Å². The van der Waals surface area contributed by atoms with Crippen molar-refractivity contribution in [1.82, 2.24) is 15.2 Å². The Balaban J connectivity index is 1.65. The predicted molar refractivity (Wildman–Crippen MR) is 73.9 cm³/mol.